The van der Waals surface area contributed by atoms with Gasteiger partial charge in [0.15, 0.2) is 5.82 Å². The van der Waals surface area contributed by atoms with E-state index >= 15 is 0 Å². The van der Waals surface area contributed by atoms with E-state index in [2.05, 4.69) is 15.0 Å². The maximum atomic E-state index is 11.2. The minimum atomic E-state index is -0.526. The third kappa shape index (κ3) is 3.33. The third-order valence-corrected chi connectivity index (χ3v) is 4.78. The molecule has 3 aromatic rings. The smallest absolute Gasteiger partial charge is 0.291 e. The van der Waals surface area contributed by atoms with Crippen molar-refractivity contribution in [3.8, 4) is 23.0 Å². The molecular weight excluding hydrogens is 368 g/mol. The summed E-state index contributed by atoms with van der Waals surface area (Å²) in [4.78, 5) is 23.9. The first-order valence-electron chi connectivity index (χ1n) is 8.45. The summed E-state index contributed by atoms with van der Waals surface area (Å²) in [6.07, 6.45) is 6.00. The van der Waals surface area contributed by atoms with E-state index in [0.717, 1.165) is 36.1 Å². The Balaban J connectivity index is 1.80. The number of ether oxygens (including phenoxy) is 1. The molecule has 1 aliphatic rings. The molecule has 1 aromatic carbocycles. The quantitative estimate of drug-likeness (QED) is 0.480. The second kappa shape index (κ2) is 6.92. The molecule has 0 unspecified atom stereocenters. The van der Waals surface area contributed by atoms with Gasteiger partial charge in [0.05, 0.1) is 16.7 Å². The van der Waals surface area contributed by atoms with Gasteiger partial charge < -0.3 is 4.74 Å². The van der Waals surface area contributed by atoms with Crippen LogP contribution in [0.2, 0.25) is 5.02 Å². The summed E-state index contributed by atoms with van der Waals surface area (Å²) in [5.41, 5.74) is 3.24. The van der Waals surface area contributed by atoms with Crippen LogP contribution in [-0.2, 0) is 12.8 Å². The Morgan fingerprint density at radius 1 is 1.19 bits per heavy atom. The molecule has 0 spiro atoms. The lowest BCUT2D eigenvalue weighted by molar-refractivity contribution is -0.384. The van der Waals surface area contributed by atoms with Gasteiger partial charge >= 0.3 is 0 Å². The molecule has 2 aromatic heterocycles. The van der Waals surface area contributed by atoms with Gasteiger partial charge in [0.25, 0.3) is 5.69 Å². The number of pyridine rings is 1. The van der Waals surface area contributed by atoms with Crippen LogP contribution in [0.15, 0.2) is 36.7 Å². The molecule has 4 rings (SSSR count). The maximum absolute atomic E-state index is 11.2. The molecule has 27 heavy (non-hydrogen) atoms. The minimum absolute atomic E-state index is 0.0789. The van der Waals surface area contributed by atoms with Crippen molar-refractivity contribution in [1.29, 1.82) is 0 Å². The number of halogens is 1. The number of benzene rings is 1. The molecule has 0 amide bonds. The summed E-state index contributed by atoms with van der Waals surface area (Å²) >= 11 is 5.97. The number of nitro benzene ring substituents is 1. The number of aryl methyl sites for hydroxylation is 2. The van der Waals surface area contributed by atoms with Crippen molar-refractivity contribution in [3.63, 3.8) is 0 Å². The number of nitrogens with zero attached hydrogens (tertiary/aromatic N) is 4. The summed E-state index contributed by atoms with van der Waals surface area (Å²) in [6.45, 7) is 1.79. The molecule has 0 saturated carbocycles. The van der Waals surface area contributed by atoms with E-state index in [9.17, 15) is 10.1 Å². The summed E-state index contributed by atoms with van der Waals surface area (Å²) in [7, 11) is 0. The molecule has 7 nitrogen and oxygen atoms in total. The number of hydrogen-bond donors (Lipinski definition) is 0. The Bertz CT molecular complexity index is 1040. The Morgan fingerprint density at radius 2 is 1.96 bits per heavy atom. The highest BCUT2D eigenvalue weighted by atomic mass is 35.5. The zero-order chi connectivity index (χ0) is 19.0. The molecule has 0 saturated heterocycles. The van der Waals surface area contributed by atoms with Crippen LogP contribution >= 0.6 is 11.6 Å². The fraction of sp³-hybridized carbons (Fsp3) is 0.211. The molecule has 0 atom stereocenters. The zero-order valence-electron chi connectivity index (χ0n) is 14.5. The van der Waals surface area contributed by atoms with Crippen LogP contribution in [0.4, 0.5) is 5.69 Å². The molecule has 0 fully saturated rings. The SMILES string of the molecule is Cc1cc(Cl)c([N+](=O)[O-])cc1Oc1nc(-c2ccncc2)nc2c1CCC2. The van der Waals surface area contributed by atoms with Crippen molar-refractivity contribution >= 4 is 17.3 Å². The van der Waals surface area contributed by atoms with E-state index in [-0.39, 0.29) is 10.7 Å². The van der Waals surface area contributed by atoms with Gasteiger partial charge in [-0.05, 0) is 49.9 Å². The highest BCUT2D eigenvalue weighted by Gasteiger charge is 2.23. The first-order chi connectivity index (χ1) is 13.0. The largest absolute Gasteiger partial charge is 0.438 e. The van der Waals surface area contributed by atoms with Crippen LogP contribution in [0.1, 0.15) is 23.2 Å². The Labute approximate surface area is 160 Å². The lowest BCUT2D eigenvalue weighted by atomic mass is 10.2. The van der Waals surface area contributed by atoms with E-state index in [4.69, 9.17) is 16.3 Å². The van der Waals surface area contributed by atoms with Gasteiger partial charge in [0.1, 0.15) is 10.8 Å². The molecule has 0 radical (unpaired) electrons. The van der Waals surface area contributed by atoms with Crippen LogP contribution < -0.4 is 4.74 Å². The molecular formula is C19H15ClN4O3. The Hall–Kier alpha value is -3.06. The van der Waals surface area contributed by atoms with Crippen LogP contribution in [-0.4, -0.2) is 19.9 Å². The molecule has 2 heterocycles. The predicted molar refractivity (Wildman–Crippen MR) is 100 cm³/mol. The van der Waals surface area contributed by atoms with Gasteiger partial charge in [-0.25, -0.2) is 4.98 Å². The highest BCUT2D eigenvalue weighted by Crippen LogP contribution is 2.37. The van der Waals surface area contributed by atoms with Gasteiger partial charge in [0, 0.05) is 23.5 Å². The van der Waals surface area contributed by atoms with Gasteiger partial charge in [-0.3, -0.25) is 15.1 Å². The van der Waals surface area contributed by atoms with Gasteiger partial charge in [-0.15, -0.1) is 0 Å². The van der Waals surface area contributed by atoms with E-state index in [1.165, 1.54) is 12.1 Å². The van der Waals surface area contributed by atoms with Crippen molar-refractivity contribution in [2.45, 2.75) is 26.2 Å². The Kier molecular flexibility index (Phi) is 4.45. The average molecular weight is 383 g/mol. The summed E-state index contributed by atoms with van der Waals surface area (Å²) in [5, 5.41) is 11.3. The third-order valence-electron chi connectivity index (χ3n) is 4.48. The van der Waals surface area contributed by atoms with Crippen LogP contribution in [0.3, 0.4) is 0 Å². The standard InChI is InChI=1S/C19H15ClN4O3/c1-11-9-14(20)16(24(25)26)10-17(11)27-19-13-3-2-4-15(13)22-18(23-19)12-5-7-21-8-6-12/h5-10H,2-4H2,1H3. The van der Waals surface area contributed by atoms with Crippen molar-refractivity contribution in [1.82, 2.24) is 15.0 Å². The fourth-order valence-electron chi connectivity index (χ4n) is 3.11. The van der Waals surface area contributed by atoms with Crippen molar-refractivity contribution in [3.05, 3.63) is 68.6 Å². The topological polar surface area (TPSA) is 91.0 Å². The summed E-state index contributed by atoms with van der Waals surface area (Å²) in [6, 6.07) is 6.53. The molecule has 1 aliphatic carbocycles. The maximum Gasteiger partial charge on any atom is 0.291 e. The number of nitro groups is 1. The fourth-order valence-corrected chi connectivity index (χ4v) is 3.40. The lowest BCUT2D eigenvalue weighted by Gasteiger charge is -2.13. The molecule has 8 heteroatoms. The molecule has 136 valence electrons. The number of hydrogen-bond acceptors (Lipinski definition) is 6. The van der Waals surface area contributed by atoms with E-state index < -0.39 is 4.92 Å². The first kappa shape index (κ1) is 17.4. The lowest BCUT2D eigenvalue weighted by Crippen LogP contribution is -2.02. The first-order valence-corrected chi connectivity index (χ1v) is 8.83. The second-order valence-corrected chi connectivity index (χ2v) is 6.70. The van der Waals surface area contributed by atoms with Gasteiger partial charge in [-0.2, -0.15) is 4.98 Å². The number of fused-ring (bicyclic) bond motifs is 1. The normalized spacial score (nSPS) is 12.7. The van der Waals surface area contributed by atoms with Gasteiger partial charge in [-0.1, -0.05) is 11.6 Å². The average Bonchev–Trinajstić information content (AvgIpc) is 3.13. The monoisotopic (exact) mass is 382 g/mol. The van der Waals surface area contributed by atoms with Crippen LogP contribution in [0.5, 0.6) is 11.6 Å². The minimum Gasteiger partial charge on any atom is -0.438 e. The zero-order valence-corrected chi connectivity index (χ0v) is 15.2. The van der Waals surface area contributed by atoms with E-state index in [0.29, 0.717) is 23.0 Å². The molecule has 0 N–H and O–H groups in total. The van der Waals surface area contributed by atoms with Crippen molar-refractivity contribution in [2.75, 3.05) is 0 Å². The van der Waals surface area contributed by atoms with E-state index in [1.54, 1.807) is 19.3 Å². The predicted octanol–water partition coefficient (Wildman–Crippen LogP) is 4.69. The van der Waals surface area contributed by atoms with Gasteiger partial charge in [0.2, 0.25) is 5.88 Å². The van der Waals surface area contributed by atoms with Crippen molar-refractivity contribution < 1.29 is 9.66 Å². The highest BCUT2D eigenvalue weighted by molar-refractivity contribution is 6.32. The van der Waals surface area contributed by atoms with Crippen LogP contribution in [0, 0.1) is 17.0 Å². The summed E-state index contributed by atoms with van der Waals surface area (Å²) < 4.78 is 6.03. The summed E-state index contributed by atoms with van der Waals surface area (Å²) in [5.74, 6) is 1.35. The molecule has 0 bridgehead atoms. The Morgan fingerprint density at radius 3 is 2.70 bits per heavy atom. The van der Waals surface area contributed by atoms with E-state index in [1.807, 2.05) is 12.1 Å². The van der Waals surface area contributed by atoms with Crippen LogP contribution in [0.25, 0.3) is 11.4 Å². The molecule has 0 aliphatic heterocycles. The van der Waals surface area contributed by atoms with Crippen molar-refractivity contribution in [2.24, 2.45) is 0 Å². The number of aromatic nitrogens is 3. The second-order valence-electron chi connectivity index (χ2n) is 6.30. The number of rotatable bonds is 4.